The molecule has 2 rings (SSSR count). The Morgan fingerprint density at radius 1 is 1.20 bits per heavy atom. The smallest absolute Gasteiger partial charge is 0.305 e. The van der Waals surface area contributed by atoms with E-state index < -0.39 is 5.97 Å². The molecule has 0 spiro atoms. The number of ether oxygens (including phenoxy) is 1. The summed E-state index contributed by atoms with van der Waals surface area (Å²) in [6, 6.07) is 4.24. The number of morpholine rings is 1. The first-order valence-electron chi connectivity index (χ1n) is 7.10. The highest BCUT2D eigenvalue weighted by Gasteiger charge is 2.26. The van der Waals surface area contributed by atoms with Gasteiger partial charge in [-0.25, -0.2) is 0 Å². The van der Waals surface area contributed by atoms with E-state index >= 15 is 0 Å². The number of carboxylic acid groups (broad SMARTS) is 1. The zero-order valence-corrected chi connectivity index (χ0v) is 12.5. The molecule has 1 aliphatic rings. The summed E-state index contributed by atoms with van der Waals surface area (Å²) >= 11 is 0. The topological polar surface area (TPSA) is 49.8 Å². The van der Waals surface area contributed by atoms with E-state index in [-0.39, 0.29) is 12.5 Å². The highest BCUT2D eigenvalue weighted by molar-refractivity contribution is 5.68. The molecule has 1 fully saturated rings. The van der Waals surface area contributed by atoms with Crippen molar-refractivity contribution in [2.24, 2.45) is 0 Å². The second-order valence-corrected chi connectivity index (χ2v) is 5.56. The predicted molar refractivity (Wildman–Crippen MR) is 78.0 cm³/mol. The molecular weight excluding hydrogens is 254 g/mol. The largest absolute Gasteiger partial charge is 0.481 e. The second-order valence-electron chi connectivity index (χ2n) is 5.56. The summed E-state index contributed by atoms with van der Waals surface area (Å²) in [4.78, 5) is 13.5. The Kier molecular flexibility index (Phi) is 4.78. The number of hydrogen-bond donors (Lipinski definition) is 1. The van der Waals surface area contributed by atoms with Gasteiger partial charge in [-0.3, -0.25) is 9.69 Å². The van der Waals surface area contributed by atoms with Crippen molar-refractivity contribution in [1.29, 1.82) is 0 Å². The van der Waals surface area contributed by atoms with Gasteiger partial charge < -0.3 is 9.84 Å². The van der Waals surface area contributed by atoms with Crippen LogP contribution in [0, 0.1) is 20.8 Å². The number of benzene rings is 1. The van der Waals surface area contributed by atoms with Crippen molar-refractivity contribution in [3.05, 3.63) is 34.4 Å². The SMILES string of the molecule is Cc1cc(C)c(C(CC(=O)O)N2CCOCC2)cc1C. The van der Waals surface area contributed by atoms with Crippen LogP contribution in [0.1, 0.15) is 34.7 Å². The molecule has 1 atom stereocenters. The van der Waals surface area contributed by atoms with Crippen LogP contribution in [-0.4, -0.2) is 42.3 Å². The Labute approximate surface area is 120 Å². The number of carboxylic acids is 1. The molecule has 0 amide bonds. The summed E-state index contributed by atoms with van der Waals surface area (Å²) in [5.41, 5.74) is 4.78. The molecule has 0 saturated carbocycles. The Morgan fingerprint density at radius 2 is 1.80 bits per heavy atom. The van der Waals surface area contributed by atoms with Gasteiger partial charge >= 0.3 is 5.97 Å². The molecule has 1 aliphatic heterocycles. The van der Waals surface area contributed by atoms with Gasteiger partial charge in [0.25, 0.3) is 0 Å². The monoisotopic (exact) mass is 277 g/mol. The van der Waals surface area contributed by atoms with E-state index in [1.54, 1.807) is 0 Å². The van der Waals surface area contributed by atoms with Crippen LogP contribution in [0.3, 0.4) is 0 Å². The lowest BCUT2D eigenvalue weighted by atomic mass is 9.93. The first-order chi connectivity index (χ1) is 9.49. The summed E-state index contributed by atoms with van der Waals surface area (Å²) in [7, 11) is 0. The van der Waals surface area contributed by atoms with Crippen molar-refractivity contribution < 1.29 is 14.6 Å². The number of rotatable bonds is 4. The Morgan fingerprint density at radius 3 is 2.40 bits per heavy atom. The fourth-order valence-corrected chi connectivity index (χ4v) is 2.83. The quantitative estimate of drug-likeness (QED) is 0.918. The lowest BCUT2D eigenvalue weighted by Crippen LogP contribution is -2.40. The van der Waals surface area contributed by atoms with Crippen molar-refractivity contribution >= 4 is 5.97 Å². The van der Waals surface area contributed by atoms with E-state index in [4.69, 9.17) is 4.74 Å². The molecule has 1 heterocycles. The molecule has 1 aromatic rings. The summed E-state index contributed by atoms with van der Waals surface area (Å²) in [5, 5.41) is 9.23. The molecule has 0 aliphatic carbocycles. The third kappa shape index (κ3) is 3.38. The van der Waals surface area contributed by atoms with Crippen LogP contribution in [0.5, 0.6) is 0 Å². The lowest BCUT2D eigenvalue weighted by molar-refractivity contribution is -0.139. The van der Waals surface area contributed by atoms with Gasteiger partial charge in [0.05, 0.1) is 19.6 Å². The average molecular weight is 277 g/mol. The number of nitrogens with zero attached hydrogens (tertiary/aromatic N) is 1. The van der Waals surface area contributed by atoms with Crippen molar-refractivity contribution in [3.63, 3.8) is 0 Å². The third-order valence-corrected chi connectivity index (χ3v) is 4.10. The first-order valence-corrected chi connectivity index (χ1v) is 7.10. The molecule has 110 valence electrons. The van der Waals surface area contributed by atoms with E-state index in [0.717, 1.165) is 18.7 Å². The van der Waals surface area contributed by atoms with Gasteiger partial charge in [0.1, 0.15) is 0 Å². The van der Waals surface area contributed by atoms with Gasteiger partial charge in [-0.1, -0.05) is 12.1 Å². The van der Waals surface area contributed by atoms with Crippen molar-refractivity contribution in [2.75, 3.05) is 26.3 Å². The van der Waals surface area contributed by atoms with Crippen LogP contribution >= 0.6 is 0 Å². The van der Waals surface area contributed by atoms with E-state index in [1.165, 1.54) is 16.7 Å². The number of aliphatic carboxylic acids is 1. The molecule has 0 bridgehead atoms. The van der Waals surface area contributed by atoms with Crippen LogP contribution < -0.4 is 0 Å². The maximum absolute atomic E-state index is 11.2. The van der Waals surface area contributed by atoms with E-state index in [9.17, 15) is 9.90 Å². The van der Waals surface area contributed by atoms with E-state index in [0.29, 0.717) is 13.2 Å². The Hall–Kier alpha value is -1.39. The molecule has 0 radical (unpaired) electrons. The number of carbonyl (C=O) groups is 1. The van der Waals surface area contributed by atoms with Crippen LogP contribution in [-0.2, 0) is 9.53 Å². The van der Waals surface area contributed by atoms with Crippen LogP contribution in [0.2, 0.25) is 0 Å². The third-order valence-electron chi connectivity index (χ3n) is 4.10. The minimum Gasteiger partial charge on any atom is -0.481 e. The number of aryl methyl sites for hydroxylation is 3. The fraction of sp³-hybridized carbons (Fsp3) is 0.562. The molecule has 1 N–H and O–H groups in total. The molecule has 4 nitrogen and oxygen atoms in total. The van der Waals surface area contributed by atoms with E-state index in [2.05, 4.69) is 37.8 Å². The predicted octanol–water partition coefficient (Wildman–Crippen LogP) is 2.46. The maximum Gasteiger partial charge on any atom is 0.305 e. The van der Waals surface area contributed by atoms with Crippen molar-refractivity contribution in [2.45, 2.75) is 33.2 Å². The highest BCUT2D eigenvalue weighted by atomic mass is 16.5. The highest BCUT2D eigenvalue weighted by Crippen LogP contribution is 2.29. The summed E-state index contributed by atoms with van der Waals surface area (Å²) in [6.07, 6.45) is 0.142. The zero-order chi connectivity index (χ0) is 14.7. The van der Waals surface area contributed by atoms with Crippen LogP contribution in [0.25, 0.3) is 0 Å². The minimum absolute atomic E-state index is 0.0595. The lowest BCUT2D eigenvalue weighted by Gasteiger charge is -2.35. The number of hydrogen-bond acceptors (Lipinski definition) is 3. The van der Waals surface area contributed by atoms with E-state index in [1.807, 2.05) is 0 Å². The van der Waals surface area contributed by atoms with Gasteiger partial charge in [-0.05, 0) is 43.0 Å². The Bertz CT molecular complexity index is 493. The average Bonchev–Trinajstić information content (AvgIpc) is 2.41. The zero-order valence-electron chi connectivity index (χ0n) is 12.5. The molecule has 20 heavy (non-hydrogen) atoms. The van der Waals surface area contributed by atoms with Crippen LogP contribution in [0.4, 0.5) is 0 Å². The van der Waals surface area contributed by atoms with Crippen LogP contribution in [0.15, 0.2) is 12.1 Å². The maximum atomic E-state index is 11.2. The second kappa shape index (κ2) is 6.37. The van der Waals surface area contributed by atoms with Crippen molar-refractivity contribution in [1.82, 2.24) is 4.90 Å². The molecular formula is C16H23NO3. The summed E-state index contributed by atoms with van der Waals surface area (Å²) in [6.45, 7) is 9.19. The van der Waals surface area contributed by atoms with Gasteiger partial charge in [-0.15, -0.1) is 0 Å². The molecule has 1 saturated heterocycles. The first kappa shape index (κ1) is 15.0. The normalized spacial score (nSPS) is 17.9. The minimum atomic E-state index is -0.751. The molecule has 1 unspecified atom stereocenters. The molecule has 1 aromatic carbocycles. The van der Waals surface area contributed by atoms with Crippen molar-refractivity contribution in [3.8, 4) is 0 Å². The fourth-order valence-electron chi connectivity index (χ4n) is 2.83. The standard InChI is InChI=1S/C16H23NO3/c1-11-8-13(3)14(9-12(11)2)15(10-16(18)19)17-4-6-20-7-5-17/h8-9,15H,4-7,10H2,1-3H3,(H,18,19). The summed E-state index contributed by atoms with van der Waals surface area (Å²) in [5.74, 6) is -0.751. The Balaban J connectivity index is 2.34. The van der Waals surface area contributed by atoms with Gasteiger partial charge in [0.15, 0.2) is 0 Å². The molecule has 0 aromatic heterocycles. The van der Waals surface area contributed by atoms with Gasteiger partial charge in [-0.2, -0.15) is 0 Å². The summed E-state index contributed by atoms with van der Waals surface area (Å²) < 4.78 is 5.37. The van der Waals surface area contributed by atoms with Gasteiger partial charge in [0, 0.05) is 19.1 Å². The van der Waals surface area contributed by atoms with Gasteiger partial charge in [0.2, 0.25) is 0 Å². The molecule has 4 heteroatoms.